The average Bonchev–Trinajstić information content (AvgIpc) is 2.43. The number of ether oxygens (including phenoxy) is 1. The fourth-order valence-electron chi connectivity index (χ4n) is 1.35. The molecule has 0 aliphatic heterocycles. The molecule has 1 aromatic rings. The molecule has 0 heterocycles. The van der Waals surface area contributed by atoms with Crippen LogP contribution < -0.4 is 10.6 Å². The van der Waals surface area contributed by atoms with Crippen molar-refractivity contribution < 1.29 is 24.2 Å². The van der Waals surface area contributed by atoms with Gasteiger partial charge in [-0.05, 0) is 31.2 Å². The Balaban J connectivity index is 2.53. The SMILES string of the molecule is CCOCC(=O)Nc1ccc(C(=O)NCC(=O)O)cc1. The van der Waals surface area contributed by atoms with Gasteiger partial charge < -0.3 is 20.5 Å². The van der Waals surface area contributed by atoms with E-state index in [9.17, 15) is 14.4 Å². The van der Waals surface area contributed by atoms with Crippen molar-refractivity contribution in [2.75, 3.05) is 25.1 Å². The molecule has 0 saturated heterocycles. The minimum atomic E-state index is -1.11. The second-order valence-corrected chi connectivity index (χ2v) is 3.84. The van der Waals surface area contributed by atoms with E-state index in [2.05, 4.69) is 10.6 Å². The zero-order valence-electron chi connectivity index (χ0n) is 11.0. The third kappa shape index (κ3) is 5.49. The summed E-state index contributed by atoms with van der Waals surface area (Å²) in [6, 6.07) is 6.10. The number of carbonyl (C=O) groups is 3. The summed E-state index contributed by atoms with van der Waals surface area (Å²) >= 11 is 0. The average molecular weight is 280 g/mol. The number of rotatable bonds is 7. The predicted molar refractivity (Wildman–Crippen MR) is 71.5 cm³/mol. The van der Waals surface area contributed by atoms with Gasteiger partial charge in [-0.25, -0.2) is 0 Å². The van der Waals surface area contributed by atoms with Gasteiger partial charge in [-0.3, -0.25) is 14.4 Å². The molecule has 0 fully saturated rings. The first-order valence-corrected chi connectivity index (χ1v) is 6.00. The maximum atomic E-state index is 11.5. The van der Waals surface area contributed by atoms with Crippen LogP contribution in [0.1, 0.15) is 17.3 Å². The molecule has 0 aliphatic rings. The Labute approximate surface area is 115 Å². The number of aliphatic carboxylic acids is 1. The highest BCUT2D eigenvalue weighted by molar-refractivity contribution is 5.97. The van der Waals surface area contributed by atoms with Gasteiger partial charge in [0.25, 0.3) is 5.91 Å². The molecule has 0 bridgehead atoms. The van der Waals surface area contributed by atoms with Gasteiger partial charge >= 0.3 is 5.97 Å². The molecule has 7 heteroatoms. The number of hydrogen-bond donors (Lipinski definition) is 3. The van der Waals surface area contributed by atoms with Crippen LogP contribution >= 0.6 is 0 Å². The van der Waals surface area contributed by atoms with E-state index in [1.54, 1.807) is 19.1 Å². The molecule has 0 unspecified atom stereocenters. The van der Waals surface area contributed by atoms with Crippen LogP contribution in [0.4, 0.5) is 5.69 Å². The fourth-order valence-corrected chi connectivity index (χ4v) is 1.35. The first kappa shape index (κ1) is 15.6. The molecular weight excluding hydrogens is 264 g/mol. The van der Waals surface area contributed by atoms with Crippen LogP contribution in [0.25, 0.3) is 0 Å². The summed E-state index contributed by atoms with van der Waals surface area (Å²) in [7, 11) is 0. The molecule has 7 nitrogen and oxygen atoms in total. The largest absolute Gasteiger partial charge is 0.480 e. The lowest BCUT2D eigenvalue weighted by molar-refractivity contribution is -0.135. The Morgan fingerprint density at radius 1 is 1.20 bits per heavy atom. The first-order chi connectivity index (χ1) is 9.52. The van der Waals surface area contributed by atoms with E-state index in [0.717, 1.165) is 0 Å². The highest BCUT2D eigenvalue weighted by Gasteiger charge is 2.07. The van der Waals surface area contributed by atoms with E-state index in [-0.39, 0.29) is 12.5 Å². The van der Waals surface area contributed by atoms with Crippen molar-refractivity contribution in [1.29, 1.82) is 0 Å². The van der Waals surface area contributed by atoms with Crippen LogP contribution in [0.5, 0.6) is 0 Å². The van der Waals surface area contributed by atoms with E-state index in [4.69, 9.17) is 9.84 Å². The van der Waals surface area contributed by atoms with Gasteiger partial charge in [-0.15, -0.1) is 0 Å². The minimum absolute atomic E-state index is 0.0304. The molecule has 0 spiro atoms. The van der Waals surface area contributed by atoms with Crippen LogP contribution in [0.3, 0.4) is 0 Å². The summed E-state index contributed by atoms with van der Waals surface area (Å²) < 4.78 is 4.95. The summed E-state index contributed by atoms with van der Waals surface area (Å²) in [5.74, 6) is -1.88. The van der Waals surface area contributed by atoms with Crippen molar-refractivity contribution in [3.63, 3.8) is 0 Å². The first-order valence-electron chi connectivity index (χ1n) is 6.00. The molecule has 108 valence electrons. The fraction of sp³-hybridized carbons (Fsp3) is 0.308. The lowest BCUT2D eigenvalue weighted by Gasteiger charge is -2.06. The zero-order valence-corrected chi connectivity index (χ0v) is 11.0. The summed E-state index contributed by atoms with van der Waals surface area (Å²) in [6.07, 6.45) is 0. The monoisotopic (exact) mass is 280 g/mol. The molecular formula is C13H16N2O5. The van der Waals surface area contributed by atoms with Gasteiger partial charge in [-0.1, -0.05) is 0 Å². The highest BCUT2D eigenvalue weighted by Crippen LogP contribution is 2.09. The third-order valence-electron chi connectivity index (χ3n) is 2.27. The lowest BCUT2D eigenvalue weighted by atomic mass is 10.2. The van der Waals surface area contributed by atoms with Crippen LogP contribution in [-0.2, 0) is 14.3 Å². The van der Waals surface area contributed by atoms with E-state index in [0.29, 0.717) is 17.9 Å². The Bertz CT molecular complexity index is 484. The van der Waals surface area contributed by atoms with Crippen LogP contribution in [0.2, 0.25) is 0 Å². The number of hydrogen-bond acceptors (Lipinski definition) is 4. The highest BCUT2D eigenvalue weighted by atomic mass is 16.5. The maximum absolute atomic E-state index is 11.5. The van der Waals surface area contributed by atoms with Gasteiger partial charge in [0.05, 0.1) is 0 Å². The number of nitrogens with one attached hydrogen (secondary N) is 2. The predicted octanol–water partition coefficient (Wildman–Crippen LogP) is 0.476. The summed E-state index contributed by atoms with van der Waals surface area (Å²) in [5, 5.41) is 13.3. The van der Waals surface area contributed by atoms with E-state index in [1.165, 1.54) is 12.1 Å². The number of amides is 2. The van der Waals surface area contributed by atoms with Gasteiger partial charge in [0, 0.05) is 17.9 Å². The number of benzene rings is 1. The molecule has 0 atom stereocenters. The molecule has 20 heavy (non-hydrogen) atoms. The second kappa shape index (κ2) is 7.90. The quantitative estimate of drug-likeness (QED) is 0.673. The molecule has 3 N–H and O–H groups in total. The van der Waals surface area contributed by atoms with Crippen molar-refractivity contribution in [2.45, 2.75) is 6.92 Å². The van der Waals surface area contributed by atoms with E-state index >= 15 is 0 Å². The van der Waals surface area contributed by atoms with Gasteiger partial charge in [0.2, 0.25) is 5.91 Å². The van der Waals surface area contributed by atoms with Crippen molar-refractivity contribution >= 4 is 23.5 Å². The van der Waals surface area contributed by atoms with E-state index in [1.807, 2.05) is 0 Å². The normalized spacial score (nSPS) is 9.85. The van der Waals surface area contributed by atoms with Crippen molar-refractivity contribution in [1.82, 2.24) is 5.32 Å². The Morgan fingerprint density at radius 2 is 1.85 bits per heavy atom. The standard InChI is InChI=1S/C13H16N2O5/c1-2-20-8-11(16)15-10-5-3-9(4-6-10)13(19)14-7-12(17)18/h3-6H,2,7-8H2,1H3,(H,14,19)(H,15,16)(H,17,18). The van der Waals surface area contributed by atoms with Crippen molar-refractivity contribution in [3.05, 3.63) is 29.8 Å². The summed E-state index contributed by atoms with van der Waals surface area (Å²) in [6.45, 7) is 1.77. The number of carbonyl (C=O) groups excluding carboxylic acids is 2. The van der Waals surface area contributed by atoms with Crippen molar-refractivity contribution in [3.8, 4) is 0 Å². The zero-order chi connectivity index (χ0) is 15.0. The molecule has 0 saturated carbocycles. The molecule has 0 aromatic heterocycles. The molecule has 2 amide bonds. The maximum Gasteiger partial charge on any atom is 0.322 e. The topological polar surface area (TPSA) is 105 Å². The minimum Gasteiger partial charge on any atom is -0.480 e. The van der Waals surface area contributed by atoms with Crippen LogP contribution in [-0.4, -0.2) is 42.6 Å². The summed E-state index contributed by atoms with van der Waals surface area (Å²) in [5.41, 5.74) is 0.846. The molecule has 1 rings (SSSR count). The molecule has 0 radical (unpaired) electrons. The number of carboxylic acids is 1. The van der Waals surface area contributed by atoms with E-state index < -0.39 is 18.4 Å². The van der Waals surface area contributed by atoms with Gasteiger partial charge in [-0.2, -0.15) is 0 Å². The lowest BCUT2D eigenvalue weighted by Crippen LogP contribution is -2.29. The van der Waals surface area contributed by atoms with Crippen LogP contribution in [0, 0.1) is 0 Å². The number of anilines is 1. The smallest absolute Gasteiger partial charge is 0.322 e. The van der Waals surface area contributed by atoms with Gasteiger partial charge in [0.1, 0.15) is 13.2 Å². The number of carboxylic acid groups (broad SMARTS) is 1. The Hall–Kier alpha value is -2.41. The van der Waals surface area contributed by atoms with Gasteiger partial charge in [0.15, 0.2) is 0 Å². The second-order valence-electron chi connectivity index (χ2n) is 3.84. The Morgan fingerprint density at radius 3 is 2.40 bits per heavy atom. The van der Waals surface area contributed by atoms with Crippen LogP contribution in [0.15, 0.2) is 24.3 Å². The Kier molecular flexibility index (Phi) is 6.18. The summed E-state index contributed by atoms with van der Waals surface area (Å²) in [4.78, 5) is 33.3. The van der Waals surface area contributed by atoms with Crippen molar-refractivity contribution in [2.24, 2.45) is 0 Å². The molecule has 0 aliphatic carbocycles. The molecule has 1 aromatic carbocycles. The third-order valence-corrected chi connectivity index (χ3v) is 2.27.